The molecule has 3 heteroatoms. The number of ether oxygens (including phenoxy) is 1. The minimum Gasteiger partial charge on any atom is -0.373 e. The van der Waals surface area contributed by atoms with Crippen LogP contribution in [0.3, 0.4) is 0 Å². The summed E-state index contributed by atoms with van der Waals surface area (Å²) in [5.41, 5.74) is 1.33. The summed E-state index contributed by atoms with van der Waals surface area (Å²) in [6.45, 7) is 0.941. The molecule has 16 heavy (non-hydrogen) atoms. The summed E-state index contributed by atoms with van der Waals surface area (Å²) in [4.78, 5) is 0. The standard InChI is InChI=1S/C13H16BrNO/c14-10-3-1-2-9(6-10)8-15-12-7-11-4-5-13(12)16-11/h1-3,6,11-13,15H,4-5,7-8H2. The lowest BCUT2D eigenvalue weighted by Gasteiger charge is -2.20. The van der Waals surface area contributed by atoms with Crippen molar-refractivity contribution in [2.45, 2.75) is 44.1 Å². The van der Waals surface area contributed by atoms with Gasteiger partial charge in [-0.3, -0.25) is 0 Å². The van der Waals surface area contributed by atoms with Crippen molar-refractivity contribution in [3.05, 3.63) is 34.3 Å². The second kappa shape index (κ2) is 4.47. The van der Waals surface area contributed by atoms with E-state index < -0.39 is 0 Å². The molecule has 86 valence electrons. The number of hydrogen-bond acceptors (Lipinski definition) is 2. The van der Waals surface area contributed by atoms with Gasteiger partial charge in [-0.1, -0.05) is 28.1 Å². The average molecular weight is 282 g/mol. The van der Waals surface area contributed by atoms with Gasteiger partial charge in [-0.05, 0) is 37.0 Å². The summed E-state index contributed by atoms with van der Waals surface area (Å²) < 4.78 is 6.97. The Morgan fingerprint density at radius 2 is 2.31 bits per heavy atom. The van der Waals surface area contributed by atoms with Crippen LogP contribution in [0.5, 0.6) is 0 Å². The Kier molecular flexibility index (Phi) is 3.01. The van der Waals surface area contributed by atoms with Crippen LogP contribution in [0, 0.1) is 0 Å². The maximum Gasteiger partial charge on any atom is 0.0733 e. The summed E-state index contributed by atoms with van der Waals surface area (Å²) in [6.07, 6.45) is 4.70. The first-order chi connectivity index (χ1) is 7.81. The molecule has 3 unspecified atom stereocenters. The third kappa shape index (κ3) is 2.17. The Morgan fingerprint density at radius 3 is 3.00 bits per heavy atom. The van der Waals surface area contributed by atoms with E-state index in [0.29, 0.717) is 18.2 Å². The lowest BCUT2D eigenvalue weighted by Crippen LogP contribution is -2.36. The van der Waals surface area contributed by atoms with Gasteiger partial charge < -0.3 is 10.1 Å². The zero-order valence-corrected chi connectivity index (χ0v) is 10.7. The molecule has 3 rings (SSSR count). The van der Waals surface area contributed by atoms with Gasteiger partial charge in [-0.25, -0.2) is 0 Å². The Balaban J connectivity index is 1.57. The minimum atomic E-state index is 0.470. The highest BCUT2D eigenvalue weighted by Gasteiger charge is 2.40. The van der Waals surface area contributed by atoms with Crippen molar-refractivity contribution in [2.75, 3.05) is 0 Å². The molecule has 2 nitrogen and oxygen atoms in total. The highest BCUT2D eigenvalue weighted by molar-refractivity contribution is 9.10. The van der Waals surface area contributed by atoms with E-state index in [1.54, 1.807) is 0 Å². The second-order valence-corrected chi connectivity index (χ2v) is 5.64. The van der Waals surface area contributed by atoms with Gasteiger partial charge in [0.1, 0.15) is 0 Å². The summed E-state index contributed by atoms with van der Waals surface area (Å²) >= 11 is 3.50. The van der Waals surface area contributed by atoms with Gasteiger partial charge in [0.2, 0.25) is 0 Å². The van der Waals surface area contributed by atoms with E-state index in [1.807, 2.05) is 0 Å². The van der Waals surface area contributed by atoms with Crippen LogP contribution < -0.4 is 5.32 Å². The third-order valence-electron chi connectivity index (χ3n) is 3.56. The molecule has 0 spiro atoms. The van der Waals surface area contributed by atoms with Gasteiger partial charge in [0.25, 0.3) is 0 Å². The Bertz CT molecular complexity index is 382. The molecule has 2 aliphatic rings. The fourth-order valence-corrected chi connectivity index (χ4v) is 3.20. The van der Waals surface area contributed by atoms with Gasteiger partial charge in [0.15, 0.2) is 0 Å². The van der Waals surface area contributed by atoms with E-state index in [0.717, 1.165) is 11.0 Å². The molecular weight excluding hydrogens is 266 g/mol. The maximum atomic E-state index is 5.83. The Hall–Kier alpha value is -0.380. The number of hydrogen-bond donors (Lipinski definition) is 1. The molecule has 1 N–H and O–H groups in total. The molecule has 2 saturated heterocycles. The van der Waals surface area contributed by atoms with Gasteiger partial charge in [-0.2, -0.15) is 0 Å². The second-order valence-electron chi connectivity index (χ2n) is 4.73. The lowest BCUT2D eigenvalue weighted by atomic mass is 9.95. The molecule has 0 amide bonds. The van der Waals surface area contributed by atoms with Crippen LogP contribution >= 0.6 is 15.9 Å². The Labute approximate surface area is 105 Å². The smallest absolute Gasteiger partial charge is 0.0733 e. The van der Waals surface area contributed by atoms with Crippen molar-refractivity contribution in [1.29, 1.82) is 0 Å². The van der Waals surface area contributed by atoms with Crippen LogP contribution in [-0.2, 0) is 11.3 Å². The largest absolute Gasteiger partial charge is 0.373 e. The first-order valence-electron chi connectivity index (χ1n) is 5.94. The molecule has 2 aliphatic heterocycles. The SMILES string of the molecule is Brc1cccc(CNC2CC3CCC2O3)c1. The summed E-state index contributed by atoms with van der Waals surface area (Å²) in [5, 5.41) is 3.61. The number of fused-ring (bicyclic) bond motifs is 2. The molecule has 1 aromatic carbocycles. The first kappa shape index (κ1) is 10.8. The summed E-state index contributed by atoms with van der Waals surface area (Å²) in [5.74, 6) is 0. The van der Waals surface area contributed by atoms with E-state index >= 15 is 0 Å². The van der Waals surface area contributed by atoms with Gasteiger partial charge in [0.05, 0.1) is 12.2 Å². The van der Waals surface area contributed by atoms with Crippen LogP contribution in [0.15, 0.2) is 28.7 Å². The van der Waals surface area contributed by atoms with Crippen molar-refractivity contribution < 1.29 is 4.74 Å². The van der Waals surface area contributed by atoms with E-state index in [4.69, 9.17) is 4.74 Å². The fourth-order valence-electron chi connectivity index (χ4n) is 2.75. The summed E-state index contributed by atoms with van der Waals surface area (Å²) in [7, 11) is 0. The molecule has 2 heterocycles. The Morgan fingerprint density at radius 1 is 1.38 bits per heavy atom. The van der Waals surface area contributed by atoms with Crippen LogP contribution in [0.1, 0.15) is 24.8 Å². The van der Waals surface area contributed by atoms with E-state index in [-0.39, 0.29) is 0 Å². The highest BCUT2D eigenvalue weighted by atomic mass is 79.9. The van der Waals surface area contributed by atoms with Gasteiger partial charge in [0, 0.05) is 17.1 Å². The molecule has 2 bridgehead atoms. The molecule has 0 radical (unpaired) electrons. The molecule has 1 aromatic rings. The van der Waals surface area contributed by atoms with E-state index in [9.17, 15) is 0 Å². The van der Waals surface area contributed by atoms with E-state index in [2.05, 4.69) is 45.5 Å². The predicted octanol–water partition coefficient (Wildman–Crippen LogP) is 2.86. The van der Waals surface area contributed by atoms with Crippen molar-refractivity contribution in [3.63, 3.8) is 0 Å². The molecular formula is C13H16BrNO. The number of benzene rings is 1. The zero-order chi connectivity index (χ0) is 11.0. The minimum absolute atomic E-state index is 0.470. The van der Waals surface area contributed by atoms with Gasteiger partial charge >= 0.3 is 0 Å². The molecule has 0 saturated carbocycles. The van der Waals surface area contributed by atoms with Crippen molar-refractivity contribution >= 4 is 15.9 Å². The quantitative estimate of drug-likeness (QED) is 0.920. The molecule has 0 aromatic heterocycles. The normalized spacial score (nSPS) is 32.2. The third-order valence-corrected chi connectivity index (χ3v) is 4.06. The lowest BCUT2D eigenvalue weighted by molar-refractivity contribution is 0.0973. The molecule has 0 aliphatic carbocycles. The number of rotatable bonds is 3. The molecule has 3 atom stereocenters. The van der Waals surface area contributed by atoms with Crippen LogP contribution in [0.25, 0.3) is 0 Å². The van der Waals surface area contributed by atoms with Crippen LogP contribution in [0.4, 0.5) is 0 Å². The highest BCUT2D eigenvalue weighted by Crippen LogP contribution is 2.34. The molecule has 2 fully saturated rings. The monoisotopic (exact) mass is 281 g/mol. The van der Waals surface area contributed by atoms with Gasteiger partial charge in [-0.15, -0.1) is 0 Å². The van der Waals surface area contributed by atoms with Crippen LogP contribution in [-0.4, -0.2) is 18.2 Å². The van der Waals surface area contributed by atoms with E-state index in [1.165, 1.54) is 24.8 Å². The van der Waals surface area contributed by atoms with Crippen molar-refractivity contribution in [3.8, 4) is 0 Å². The first-order valence-corrected chi connectivity index (χ1v) is 6.74. The number of halogens is 1. The maximum absolute atomic E-state index is 5.83. The fraction of sp³-hybridized carbons (Fsp3) is 0.538. The zero-order valence-electron chi connectivity index (χ0n) is 9.16. The average Bonchev–Trinajstić information content (AvgIpc) is 2.88. The van der Waals surface area contributed by atoms with Crippen molar-refractivity contribution in [1.82, 2.24) is 5.32 Å². The topological polar surface area (TPSA) is 21.3 Å². The summed E-state index contributed by atoms with van der Waals surface area (Å²) in [6, 6.07) is 9.04. The van der Waals surface area contributed by atoms with Crippen LogP contribution in [0.2, 0.25) is 0 Å². The van der Waals surface area contributed by atoms with Crippen molar-refractivity contribution in [2.24, 2.45) is 0 Å². The predicted molar refractivity (Wildman–Crippen MR) is 67.3 cm³/mol. The number of nitrogens with one attached hydrogen (secondary N) is 1.